The van der Waals surface area contributed by atoms with Crippen molar-refractivity contribution in [2.24, 2.45) is 0 Å². The molecule has 12 aromatic carbocycles. The summed E-state index contributed by atoms with van der Waals surface area (Å²) in [6.45, 7) is 0. The van der Waals surface area contributed by atoms with E-state index in [1.807, 2.05) is 6.07 Å². The summed E-state index contributed by atoms with van der Waals surface area (Å²) in [4.78, 5) is 0. The van der Waals surface area contributed by atoms with E-state index in [0.29, 0.717) is 5.56 Å². The smallest absolute Gasteiger partial charge is 0.179 e. The van der Waals surface area contributed by atoms with Gasteiger partial charge < -0.3 is 9.13 Å². The largest absolute Gasteiger partial charge is 0.309 e. The molecule has 1 aliphatic carbocycles. The molecule has 0 spiro atoms. The number of nitriles is 1. The first kappa shape index (κ1) is 46.5. The molecule has 0 aliphatic heterocycles. The van der Waals surface area contributed by atoms with E-state index in [9.17, 15) is 5.26 Å². The van der Waals surface area contributed by atoms with Gasteiger partial charge in [-0.2, -0.15) is 5.26 Å². The van der Waals surface area contributed by atoms with Gasteiger partial charge in [-0.05, 0) is 109 Å². The average Bonchev–Trinajstić information content (AvgIpc) is 4.19. The number of fused-ring (bicyclic) bond motifs is 9. The number of nitrogens with zero attached hydrogens (tertiary/aromatic N) is 3. The fourth-order valence-corrected chi connectivity index (χ4v) is 17.8. The second-order valence-electron chi connectivity index (χ2n) is 20.2. The highest BCUT2D eigenvalue weighted by atomic mass is 28.3. The van der Waals surface area contributed by atoms with Gasteiger partial charge in [0.2, 0.25) is 0 Å². The fraction of sp³-hybridized carbons (Fsp3) is 0.0135. The molecule has 2 heterocycles. The van der Waals surface area contributed by atoms with Crippen molar-refractivity contribution in [3.8, 4) is 28.6 Å². The van der Waals surface area contributed by atoms with Crippen LogP contribution in [0.1, 0.15) is 27.8 Å². The first-order valence-corrected chi connectivity index (χ1v) is 28.7. The lowest BCUT2D eigenvalue weighted by Gasteiger charge is -2.36. The molecule has 0 saturated heterocycles. The summed E-state index contributed by atoms with van der Waals surface area (Å²) in [5.74, 6) is 0. The van der Waals surface area contributed by atoms with Crippen molar-refractivity contribution in [3.63, 3.8) is 0 Å². The van der Waals surface area contributed by atoms with Gasteiger partial charge in [0.15, 0.2) is 8.07 Å². The Kier molecular flexibility index (Phi) is 11.5. The maximum Gasteiger partial charge on any atom is 0.179 e. The Bertz CT molecular complexity index is 4220. The Morgan fingerprint density at radius 1 is 0.295 bits per heavy atom. The Hall–Kier alpha value is -10.1. The van der Waals surface area contributed by atoms with Crippen LogP contribution in [0.15, 0.2) is 309 Å². The predicted molar refractivity (Wildman–Crippen MR) is 327 cm³/mol. The molecule has 2 aromatic heterocycles. The third-order valence-corrected chi connectivity index (χ3v) is 21.1. The second kappa shape index (κ2) is 19.3. The van der Waals surface area contributed by atoms with Crippen molar-refractivity contribution >= 4 is 72.4 Å². The lowest BCUT2D eigenvalue weighted by Crippen LogP contribution is -2.74. The van der Waals surface area contributed by atoms with Gasteiger partial charge in [-0.15, -0.1) is 0 Å². The molecule has 0 radical (unpaired) electrons. The number of hydrogen-bond acceptors (Lipinski definition) is 1. The third-order valence-electron chi connectivity index (χ3n) is 16.3. The normalized spacial score (nSPS) is 13.7. The summed E-state index contributed by atoms with van der Waals surface area (Å²) in [5, 5.41) is 20.4. The lowest BCUT2D eigenvalue weighted by atomic mass is 9.67. The van der Waals surface area contributed by atoms with E-state index in [0.717, 1.165) is 5.56 Å². The molecule has 0 bridgehead atoms. The minimum atomic E-state index is -2.66. The van der Waals surface area contributed by atoms with Gasteiger partial charge >= 0.3 is 0 Å². The number of aromatic nitrogens is 2. The first-order chi connectivity index (χ1) is 38.7. The van der Waals surface area contributed by atoms with Gasteiger partial charge in [-0.3, -0.25) is 0 Å². The van der Waals surface area contributed by atoms with Crippen LogP contribution in [0.4, 0.5) is 0 Å². The highest BCUT2D eigenvalue weighted by molar-refractivity contribution is 7.19. The maximum absolute atomic E-state index is 9.82. The molecule has 1 unspecified atom stereocenters. The lowest BCUT2D eigenvalue weighted by molar-refractivity contribution is 0.768. The maximum atomic E-state index is 9.82. The first-order valence-electron chi connectivity index (χ1n) is 26.7. The molecule has 0 amide bonds. The Balaban J connectivity index is 0.000000151. The molecule has 1 atom stereocenters. The summed E-state index contributed by atoms with van der Waals surface area (Å²) in [5.41, 5.74) is 14.6. The SMILES string of the molecule is N#Cc1ccc2c(c1)-c1ccccc1C2(c1ccccc1)c1ccc([Si](c2ccccc2)(c2ccccc2)c2ccccc2)cc1.c1cc(-n2c3ccccc3c3ccccc32)cc(-n2c3ccccc3c3ccccc32)c1. The molecule has 3 nitrogen and oxygen atoms in total. The number of para-hydroxylation sites is 4. The molecule has 78 heavy (non-hydrogen) atoms. The summed E-state index contributed by atoms with van der Waals surface area (Å²) in [6.07, 6.45) is 0. The van der Waals surface area contributed by atoms with E-state index >= 15 is 0 Å². The minimum absolute atomic E-state index is 0.518. The molecule has 366 valence electrons. The van der Waals surface area contributed by atoms with Gasteiger partial charge in [-0.25, -0.2) is 0 Å². The topological polar surface area (TPSA) is 33.6 Å². The van der Waals surface area contributed by atoms with Crippen molar-refractivity contribution in [2.75, 3.05) is 0 Å². The summed E-state index contributed by atoms with van der Waals surface area (Å²) >= 11 is 0. The van der Waals surface area contributed by atoms with Gasteiger partial charge in [0.05, 0.1) is 39.1 Å². The fourth-order valence-electron chi connectivity index (χ4n) is 13.0. The van der Waals surface area contributed by atoms with Gasteiger partial charge in [0, 0.05) is 32.9 Å². The van der Waals surface area contributed by atoms with Crippen LogP contribution in [0.3, 0.4) is 0 Å². The molecule has 15 rings (SSSR count). The summed E-state index contributed by atoms with van der Waals surface area (Å²) in [7, 11) is -2.66. The van der Waals surface area contributed by atoms with E-state index in [4.69, 9.17) is 0 Å². The van der Waals surface area contributed by atoms with E-state index in [-0.39, 0.29) is 0 Å². The van der Waals surface area contributed by atoms with Crippen LogP contribution in [-0.4, -0.2) is 17.2 Å². The quantitative estimate of drug-likeness (QED) is 0.110. The molecule has 0 fully saturated rings. The zero-order chi connectivity index (χ0) is 52.0. The number of rotatable bonds is 8. The van der Waals surface area contributed by atoms with Gasteiger partial charge in [0.1, 0.15) is 0 Å². The molecule has 0 N–H and O–H groups in total. The van der Waals surface area contributed by atoms with Crippen molar-refractivity contribution in [1.82, 2.24) is 9.13 Å². The number of benzene rings is 12. The highest BCUT2D eigenvalue weighted by Gasteiger charge is 2.47. The highest BCUT2D eigenvalue weighted by Crippen LogP contribution is 2.56. The average molecular weight is 1010 g/mol. The zero-order valence-electron chi connectivity index (χ0n) is 42.8. The second-order valence-corrected chi connectivity index (χ2v) is 24.0. The van der Waals surface area contributed by atoms with E-state index in [1.165, 1.54) is 104 Å². The Labute approximate surface area is 455 Å². The van der Waals surface area contributed by atoms with Crippen LogP contribution in [0.5, 0.6) is 0 Å². The third kappa shape index (κ3) is 7.24. The summed E-state index contributed by atoms with van der Waals surface area (Å²) in [6, 6.07) is 114. The monoisotopic (exact) mass is 1010 g/mol. The molecular weight excluding hydrogens is 959 g/mol. The minimum Gasteiger partial charge on any atom is -0.309 e. The molecular formula is C74H51N3Si. The molecule has 1 aliphatic rings. The van der Waals surface area contributed by atoms with Crippen LogP contribution < -0.4 is 20.7 Å². The molecule has 0 saturated carbocycles. The van der Waals surface area contributed by atoms with E-state index in [2.05, 4.69) is 319 Å². The van der Waals surface area contributed by atoms with Crippen LogP contribution >= 0.6 is 0 Å². The molecule has 4 heteroatoms. The van der Waals surface area contributed by atoms with E-state index < -0.39 is 13.5 Å². The Morgan fingerprint density at radius 3 is 1.13 bits per heavy atom. The van der Waals surface area contributed by atoms with Crippen LogP contribution in [0, 0.1) is 11.3 Å². The van der Waals surface area contributed by atoms with Crippen molar-refractivity contribution in [2.45, 2.75) is 5.41 Å². The van der Waals surface area contributed by atoms with Crippen molar-refractivity contribution < 1.29 is 0 Å². The van der Waals surface area contributed by atoms with Crippen molar-refractivity contribution in [1.29, 1.82) is 5.26 Å². The predicted octanol–water partition coefficient (Wildman–Crippen LogP) is 15.2. The molecule has 14 aromatic rings. The van der Waals surface area contributed by atoms with Crippen LogP contribution in [0.2, 0.25) is 0 Å². The van der Waals surface area contributed by atoms with Crippen LogP contribution in [0.25, 0.3) is 66.1 Å². The Morgan fingerprint density at radius 2 is 0.667 bits per heavy atom. The van der Waals surface area contributed by atoms with Crippen LogP contribution in [-0.2, 0) is 5.41 Å². The van der Waals surface area contributed by atoms with E-state index in [1.54, 1.807) is 0 Å². The van der Waals surface area contributed by atoms with Gasteiger partial charge in [-0.1, -0.05) is 255 Å². The standard InChI is InChI=1S/C44H31NSi.C30H20N2/c45-32-33-25-30-43-41(31-33)40-23-13-14-24-42(40)44(43,34-15-5-1-6-16-34)35-26-28-39(29-27-35)46(36-17-7-2-8-18-36,37-19-9-3-10-20-37)38-21-11-4-12-22-38;1-5-16-27-23(12-1)24-13-2-6-17-28(24)31(27)21-10-9-11-22(20-21)32-29-18-7-3-14-25(29)26-15-4-8-19-30(26)32/h1-31H;1-20H. The van der Waals surface area contributed by atoms with Crippen molar-refractivity contribution in [3.05, 3.63) is 337 Å². The summed E-state index contributed by atoms with van der Waals surface area (Å²) < 4.78 is 4.75. The number of hydrogen-bond donors (Lipinski definition) is 0. The van der Waals surface area contributed by atoms with Gasteiger partial charge in [0.25, 0.3) is 0 Å². The zero-order valence-corrected chi connectivity index (χ0v) is 43.8.